The molecule has 1 fully saturated rings. The molecular weight excluding hydrogens is 559 g/mol. The van der Waals surface area contributed by atoms with Crippen molar-refractivity contribution in [1.82, 2.24) is 19.7 Å². The number of amides is 1. The van der Waals surface area contributed by atoms with E-state index < -0.39 is 39.5 Å². The van der Waals surface area contributed by atoms with E-state index in [1.54, 1.807) is 29.8 Å². The number of benzene rings is 2. The van der Waals surface area contributed by atoms with E-state index in [2.05, 4.69) is 26.0 Å². The van der Waals surface area contributed by atoms with Gasteiger partial charge in [0.05, 0.1) is 29.0 Å². The molecule has 6 rings (SSSR count). The number of pyridine rings is 1. The molecule has 208 valence electrons. The van der Waals surface area contributed by atoms with Gasteiger partial charge in [-0.05, 0) is 72.0 Å². The van der Waals surface area contributed by atoms with E-state index in [1.807, 2.05) is 0 Å². The number of nitriles is 1. The number of anilines is 2. The minimum absolute atomic E-state index is 0.0587. The van der Waals surface area contributed by atoms with E-state index in [0.29, 0.717) is 40.9 Å². The molecule has 2 aromatic carbocycles. The molecule has 1 amide bonds. The molecule has 41 heavy (non-hydrogen) atoms. The molecule has 0 unspecified atom stereocenters. The largest absolute Gasteiger partial charge is 0.416 e. The highest BCUT2D eigenvalue weighted by Gasteiger charge is 2.40. The number of alkyl halides is 3. The van der Waals surface area contributed by atoms with E-state index in [4.69, 9.17) is 0 Å². The molecule has 2 aromatic heterocycles. The lowest BCUT2D eigenvalue weighted by atomic mass is 9.97. The zero-order chi connectivity index (χ0) is 29.1. The van der Waals surface area contributed by atoms with Crippen LogP contribution in [0.15, 0.2) is 54.9 Å². The number of rotatable bonds is 6. The first-order chi connectivity index (χ1) is 19.5. The molecule has 0 radical (unpaired) electrons. The van der Waals surface area contributed by atoms with Crippen molar-refractivity contribution in [2.75, 3.05) is 9.62 Å². The number of hydrogen-bond donors (Lipinski definition) is 1. The monoisotopic (exact) mass is 579 g/mol. The van der Waals surface area contributed by atoms with Gasteiger partial charge in [0.1, 0.15) is 18.0 Å². The maximum absolute atomic E-state index is 13.7. The lowest BCUT2D eigenvalue weighted by molar-refractivity contribution is -0.138. The third-order valence-corrected chi connectivity index (χ3v) is 8.83. The highest BCUT2D eigenvalue weighted by Crippen LogP contribution is 2.40. The van der Waals surface area contributed by atoms with Crippen LogP contribution in [0.5, 0.6) is 0 Å². The Hall–Kier alpha value is -4.77. The fourth-order valence-electron chi connectivity index (χ4n) is 4.83. The van der Waals surface area contributed by atoms with Gasteiger partial charge in [-0.25, -0.2) is 13.4 Å². The molecule has 4 aromatic rings. The predicted molar refractivity (Wildman–Crippen MR) is 142 cm³/mol. The van der Waals surface area contributed by atoms with Gasteiger partial charge in [-0.1, -0.05) is 6.07 Å². The standard InChI is InChI=1S/C27H20F3N7O3S/c1-36-14-32-34-25(36)18-8-5-15(12-31)9-20(18)16-10-23(35-41(39,40)17-6-7-17)33-24(11-16)37-13-21-19(26(37)38)3-2-4-22(21)27(28,29)30/h2-5,8-11,14,17H,6-7,13H2,1H3,(H,33,35). The van der Waals surface area contributed by atoms with Crippen LogP contribution < -0.4 is 9.62 Å². The molecule has 0 saturated heterocycles. The fourth-order valence-corrected chi connectivity index (χ4v) is 6.15. The molecule has 1 saturated carbocycles. The topological polar surface area (TPSA) is 134 Å². The van der Waals surface area contributed by atoms with Gasteiger partial charge in [0, 0.05) is 18.2 Å². The summed E-state index contributed by atoms with van der Waals surface area (Å²) in [6.07, 6.45) is -2.21. The maximum Gasteiger partial charge on any atom is 0.416 e. The summed E-state index contributed by atoms with van der Waals surface area (Å²) < 4.78 is 71.0. The first kappa shape index (κ1) is 26.5. The van der Waals surface area contributed by atoms with Crippen LogP contribution >= 0.6 is 0 Å². The van der Waals surface area contributed by atoms with Gasteiger partial charge in [0.25, 0.3) is 5.91 Å². The third-order valence-electron chi connectivity index (χ3n) is 6.98. The second kappa shape index (κ2) is 9.41. The highest BCUT2D eigenvalue weighted by molar-refractivity contribution is 7.93. The second-order valence-electron chi connectivity index (χ2n) is 9.80. The van der Waals surface area contributed by atoms with Crippen LogP contribution in [0.3, 0.4) is 0 Å². The van der Waals surface area contributed by atoms with Gasteiger partial charge in [-0.15, -0.1) is 10.2 Å². The van der Waals surface area contributed by atoms with Crippen molar-refractivity contribution in [2.24, 2.45) is 7.05 Å². The number of hydrogen-bond acceptors (Lipinski definition) is 7. The van der Waals surface area contributed by atoms with Gasteiger partial charge in [0.15, 0.2) is 5.82 Å². The van der Waals surface area contributed by atoms with Gasteiger partial charge in [0.2, 0.25) is 10.0 Å². The Kier molecular flexibility index (Phi) is 6.07. The van der Waals surface area contributed by atoms with Gasteiger partial charge in [-0.2, -0.15) is 18.4 Å². The average Bonchev–Trinajstić information content (AvgIpc) is 3.64. The molecule has 14 heteroatoms. The van der Waals surface area contributed by atoms with Crippen molar-refractivity contribution in [3.8, 4) is 28.6 Å². The Morgan fingerprint density at radius 2 is 1.85 bits per heavy atom. The minimum atomic E-state index is -4.68. The van der Waals surface area contributed by atoms with Gasteiger partial charge < -0.3 is 4.57 Å². The van der Waals surface area contributed by atoms with Crippen LogP contribution in [0.4, 0.5) is 24.8 Å². The molecule has 1 aliphatic carbocycles. The van der Waals surface area contributed by atoms with E-state index in [0.717, 1.165) is 11.0 Å². The van der Waals surface area contributed by atoms with E-state index in [-0.39, 0.29) is 22.8 Å². The summed E-state index contributed by atoms with van der Waals surface area (Å²) in [5.41, 5.74) is 0.426. The molecule has 0 bridgehead atoms. The van der Waals surface area contributed by atoms with Gasteiger partial charge in [-0.3, -0.25) is 14.4 Å². The summed E-state index contributed by atoms with van der Waals surface area (Å²) in [6.45, 7) is -0.413. The number of nitrogens with zero attached hydrogens (tertiary/aromatic N) is 6. The molecule has 2 aliphatic rings. The van der Waals surface area contributed by atoms with Crippen molar-refractivity contribution in [3.05, 3.63) is 77.1 Å². The Morgan fingerprint density at radius 1 is 1.07 bits per heavy atom. The van der Waals surface area contributed by atoms with E-state index >= 15 is 0 Å². The fraction of sp³-hybridized carbons (Fsp3) is 0.222. The summed E-state index contributed by atoms with van der Waals surface area (Å²) in [6, 6.07) is 13.2. The van der Waals surface area contributed by atoms with Crippen LogP contribution in [0, 0.1) is 11.3 Å². The van der Waals surface area contributed by atoms with Gasteiger partial charge >= 0.3 is 6.18 Å². The summed E-state index contributed by atoms with van der Waals surface area (Å²) in [7, 11) is -2.06. The SMILES string of the molecule is Cn1cnnc1-c1ccc(C#N)cc1-c1cc(NS(=O)(=O)C2CC2)nc(N2Cc3c(cccc3C(F)(F)F)C2=O)c1. The van der Waals surface area contributed by atoms with Crippen molar-refractivity contribution in [3.63, 3.8) is 0 Å². The number of fused-ring (bicyclic) bond motifs is 1. The number of carbonyl (C=O) groups is 1. The van der Waals surface area contributed by atoms with Crippen LogP contribution in [0.1, 0.15) is 39.9 Å². The molecule has 0 spiro atoms. The Labute approximate surface area is 232 Å². The quantitative estimate of drug-likeness (QED) is 0.356. The summed E-state index contributed by atoms with van der Waals surface area (Å²) in [4.78, 5) is 18.8. The molecule has 1 N–H and O–H groups in total. The highest BCUT2D eigenvalue weighted by atomic mass is 32.2. The molecular formula is C27H20F3N7O3S. The molecule has 1 aliphatic heterocycles. The van der Waals surface area contributed by atoms with E-state index in [9.17, 15) is 31.6 Å². The number of aromatic nitrogens is 4. The Balaban J connectivity index is 1.52. The minimum Gasteiger partial charge on any atom is -0.317 e. The zero-order valence-electron chi connectivity index (χ0n) is 21.3. The number of halogens is 3. The third kappa shape index (κ3) is 4.78. The summed E-state index contributed by atoms with van der Waals surface area (Å²) >= 11 is 0. The van der Waals surface area contributed by atoms with Crippen molar-refractivity contribution in [1.29, 1.82) is 5.26 Å². The lowest BCUT2D eigenvalue weighted by Gasteiger charge is -2.19. The van der Waals surface area contributed by atoms with Crippen molar-refractivity contribution in [2.45, 2.75) is 30.8 Å². The van der Waals surface area contributed by atoms with Crippen LogP contribution in [0.25, 0.3) is 22.5 Å². The predicted octanol–water partition coefficient (Wildman–Crippen LogP) is 4.50. The van der Waals surface area contributed by atoms with E-state index in [1.165, 1.54) is 30.6 Å². The van der Waals surface area contributed by atoms with Crippen molar-refractivity contribution >= 4 is 27.6 Å². The maximum atomic E-state index is 13.7. The van der Waals surface area contributed by atoms with Crippen LogP contribution in [0.2, 0.25) is 0 Å². The van der Waals surface area contributed by atoms with Crippen LogP contribution in [-0.4, -0.2) is 39.3 Å². The Bertz CT molecular complexity index is 1880. The van der Waals surface area contributed by atoms with Crippen LogP contribution in [-0.2, 0) is 29.8 Å². The summed E-state index contributed by atoms with van der Waals surface area (Å²) in [5.74, 6) is -0.430. The Morgan fingerprint density at radius 3 is 2.51 bits per heavy atom. The first-order valence-corrected chi connectivity index (χ1v) is 13.9. The number of aryl methyl sites for hydroxylation is 1. The summed E-state index contributed by atoms with van der Waals surface area (Å²) in [5, 5.41) is 17.1. The normalized spacial score (nSPS) is 15.1. The molecule has 10 nitrogen and oxygen atoms in total. The molecule has 3 heterocycles. The number of sulfonamides is 1. The second-order valence-corrected chi connectivity index (χ2v) is 11.8. The zero-order valence-corrected chi connectivity index (χ0v) is 22.2. The first-order valence-electron chi connectivity index (χ1n) is 12.4. The lowest BCUT2D eigenvalue weighted by Crippen LogP contribution is -2.25. The smallest absolute Gasteiger partial charge is 0.317 e. The van der Waals surface area contributed by atoms with Crippen molar-refractivity contribution < 1.29 is 26.4 Å². The number of carbonyl (C=O) groups excluding carboxylic acids is 1. The molecule has 0 atom stereocenters. The average molecular weight is 580 g/mol. The number of nitrogens with one attached hydrogen (secondary N) is 1.